The highest BCUT2D eigenvalue weighted by atomic mass is 16.5. The quantitative estimate of drug-likeness (QED) is 0.665. The third-order valence-electron chi connectivity index (χ3n) is 3.98. The molecule has 0 aliphatic carbocycles. The van der Waals surface area contributed by atoms with Gasteiger partial charge in [-0.25, -0.2) is 0 Å². The third kappa shape index (κ3) is 4.76. The number of carbonyl (C=O) groups is 1. The molecular weight excluding hydrogens is 342 g/mol. The highest BCUT2D eigenvalue weighted by molar-refractivity contribution is 6.04. The van der Waals surface area contributed by atoms with E-state index in [1.807, 2.05) is 48.5 Å². The maximum Gasteiger partial charge on any atom is 0.257 e. The van der Waals surface area contributed by atoms with Gasteiger partial charge in [0.15, 0.2) is 11.5 Å². The Bertz CT molecular complexity index is 914. The lowest BCUT2D eigenvalue weighted by Gasteiger charge is -2.11. The Morgan fingerprint density at radius 3 is 2.44 bits per heavy atom. The predicted octanol–water partition coefficient (Wildman–Crippen LogP) is 3.96. The standard InChI is InChI=1S/C21H21N3O3/c1-26-19-9-8-15(10-20(19)27-2)12-23-18-11-16(13-22-14-18)21(25)24-17-6-4-3-5-7-17/h3-11,13-14,23H,12H2,1-2H3,(H,24,25). The van der Waals surface area contributed by atoms with Crippen LogP contribution in [-0.4, -0.2) is 25.1 Å². The summed E-state index contributed by atoms with van der Waals surface area (Å²) in [6, 6.07) is 16.8. The summed E-state index contributed by atoms with van der Waals surface area (Å²) in [4.78, 5) is 16.5. The molecule has 2 aromatic carbocycles. The van der Waals surface area contributed by atoms with Gasteiger partial charge in [0.2, 0.25) is 0 Å². The second-order valence-corrected chi connectivity index (χ2v) is 5.83. The number of nitrogens with zero attached hydrogens (tertiary/aromatic N) is 1. The summed E-state index contributed by atoms with van der Waals surface area (Å²) in [6.07, 6.45) is 3.22. The van der Waals surface area contributed by atoms with Gasteiger partial charge in [-0.15, -0.1) is 0 Å². The molecule has 0 fully saturated rings. The molecule has 0 aliphatic heterocycles. The number of hydrogen-bond acceptors (Lipinski definition) is 5. The molecule has 0 atom stereocenters. The number of para-hydroxylation sites is 1. The number of carbonyl (C=O) groups excluding carboxylic acids is 1. The first kappa shape index (κ1) is 18.3. The molecule has 1 heterocycles. The molecule has 0 bridgehead atoms. The Morgan fingerprint density at radius 2 is 1.70 bits per heavy atom. The number of amides is 1. The molecule has 6 nitrogen and oxygen atoms in total. The average molecular weight is 363 g/mol. The van der Waals surface area contributed by atoms with E-state index in [1.54, 1.807) is 32.7 Å². The number of pyridine rings is 1. The number of methoxy groups -OCH3 is 2. The van der Waals surface area contributed by atoms with Crippen LogP contribution in [0.15, 0.2) is 67.0 Å². The minimum absolute atomic E-state index is 0.205. The zero-order chi connectivity index (χ0) is 19.1. The number of aromatic nitrogens is 1. The van der Waals surface area contributed by atoms with Crippen molar-refractivity contribution in [1.82, 2.24) is 4.98 Å². The van der Waals surface area contributed by atoms with Gasteiger partial charge in [-0.05, 0) is 35.9 Å². The van der Waals surface area contributed by atoms with Crippen LogP contribution in [-0.2, 0) is 6.54 Å². The summed E-state index contributed by atoms with van der Waals surface area (Å²) in [5, 5.41) is 6.12. The fourth-order valence-electron chi connectivity index (χ4n) is 2.58. The summed E-state index contributed by atoms with van der Waals surface area (Å²) in [7, 11) is 3.21. The van der Waals surface area contributed by atoms with Crippen LogP contribution in [0.25, 0.3) is 0 Å². The van der Waals surface area contributed by atoms with Gasteiger partial charge in [0.1, 0.15) is 0 Å². The van der Waals surface area contributed by atoms with Crippen LogP contribution in [0.5, 0.6) is 11.5 Å². The lowest BCUT2D eigenvalue weighted by Crippen LogP contribution is -2.12. The van der Waals surface area contributed by atoms with Crippen molar-refractivity contribution >= 4 is 17.3 Å². The Balaban J connectivity index is 1.66. The summed E-state index contributed by atoms with van der Waals surface area (Å²) in [5.41, 5.74) is 3.00. The molecule has 3 aromatic rings. The minimum Gasteiger partial charge on any atom is -0.493 e. The van der Waals surface area contributed by atoms with E-state index in [9.17, 15) is 4.79 Å². The molecule has 2 N–H and O–H groups in total. The van der Waals surface area contributed by atoms with E-state index in [0.29, 0.717) is 23.6 Å². The number of benzene rings is 2. The van der Waals surface area contributed by atoms with Crippen LogP contribution in [0.4, 0.5) is 11.4 Å². The van der Waals surface area contributed by atoms with Crippen LogP contribution in [0, 0.1) is 0 Å². The Labute approximate surface area is 158 Å². The van der Waals surface area contributed by atoms with Gasteiger partial charge < -0.3 is 20.1 Å². The topological polar surface area (TPSA) is 72.5 Å². The van der Waals surface area contributed by atoms with Gasteiger partial charge in [0.05, 0.1) is 25.5 Å². The molecule has 0 spiro atoms. The second-order valence-electron chi connectivity index (χ2n) is 5.83. The Kier molecular flexibility index (Phi) is 5.89. The van der Waals surface area contributed by atoms with Crippen molar-refractivity contribution in [3.63, 3.8) is 0 Å². The van der Waals surface area contributed by atoms with Crippen LogP contribution in [0.3, 0.4) is 0 Å². The average Bonchev–Trinajstić information content (AvgIpc) is 2.73. The first-order valence-corrected chi connectivity index (χ1v) is 8.46. The molecular formula is C21H21N3O3. The van der Waals surface area contributed by atoms with Gasteiger partial charge in [0, 0.05) is 24.6 Å². The van der Waals surface area contributed by atoms with Gasteiger partial charge in [0.25, 0.3) is 5.91 Å². The van der Waals surface area contributed by atoms with Crippen LogP contribution in [0.2, 0.25) is 0 Å². The smallest absolute Gasteiger partial charge is 0.257 e. The Hall–Kier alpha value is -3.54. The van der Waals surface area contributed by atoms with E-state index in [0.717, 1.165) is 16.9 Å². The summed E-state index contributed by atoms with van der Waals surface area (Å²) >= 11 is 0. The first-order chi connectivity index (χ1) is 13.2. The molecule has 0 aliphatic rings. The number of ether oxygens (including phenoxy) is 2. The zero-order valence-corrected chi connectivity index (χ0v) is 15.2. The van der Waals surface area contributed by atoms with Gasteiger partial charge in [-0.3, -0.25) is 9.78 Å². The molecule has 6 heteroatoms. The van der Waals surface area contributed by atoms with Crippen molar-refractivity contribution in [3.8, 4) is 11.5 Å². The fourth-order valence-corrected chi connectivity index (χ4v) is 2.58. The van der Waals surface area contributed by atoms with E-state index in [2.05, 4.69) is 15.6 Å². The largest absolute Gasteiger partial charge is 0.493 e. The van der Waals surface area contributed by atoms with Crippen molar-refractivity contribution in [2.75, 3.05) is 24.9 Å². The number of hydrogen-bond donors (Lipinski definition) is 2. The maximum atomic E-state index is 12.4. The number of rotatable bonds is 7. The fraction of sp³-hybridized carbons (Fsp3) is 0.143. The van der Waals surface area contributed by atoms with Gasteiger partial charge in [-0.1, -0.05) is 24.3 Å². The monoisotopic (exact) mass is 363 g/mol. The van der Waals surface area contributed by atoms with E-state index >= 15 is 0 Å². The van der Waals surface area contributed by atoms with Crippen molar-refractivity contribution in [3.05, 3.63) is 78.1 Å². The normalized spacial score (nSPS) is 10.1. The highest BCUT2D eigenvalue weighted by Gasteiger charge is 2.08. The van der Waals surface area contributed by atoms with Crippen LogP contribution >= 0.6 is 0 Å². The number of anilines is 2. The van der Waals surface area contributed by atoms with Crippen molar-refractivity contribution in [1.29, 1.82) is 0 Å². The second kappa shape index (κ2) is 8.71. The van der Waals surface area contributed by atoms with E-state index in [1.165, 1.54) is 0 Å². The lowest BCUT2D eigenvalue weighted by atomic mass is 10.2. The summed E-state index contributed by atoms with van der Waals surface area (Å²) in [5.74, 6) is 1.15. The molecule has 0 unspecified atom stereocenters. The van der Waals surface area contributed by atoms with E-state index < -0.39 is 0 Å². The third-order valence-corrected chi connectivity index (χ3v) is 3.98. The zero-order valence-electron chi connectivity index (χ0n) is 15.2. The SMILES string of the molecule is COc1ccc(CNc2cncc(C(=O)Nc3ccccc3)c2)cc1OC. The number of nitrogens with one attached hydrogen (secondary N) is 2. The summed E-state index contributed by atoms with van der Waals surface area (Å²) in [6.45, 7) is 0.561. The lowest BCUT2D eigenvalue weighted by molar-refractivity contribution is 0.102. The van der Waals surface area contributed by atoms with E-state index in [-0.39, 0.29) is 5.91 Å². The molecule has 0 saturated carbocycles. The van der Waals surface area contributed by atoms with Crippen LogP contribution in [0.1, 0.15) is 15.9 Å². The molecule has 0 saturated heterocycles. The predicted molar refractivity (Wildman–Crippen MR) is 106 cm³/mol. The van der Waals surface area contributed by atoms with Crippen LogP contribution < -0.4 is 20.1 Å². The molecule has 1 amide bonds. The molecule has 1 aromatic heterocycles. The van der Waals surface area contributed by atoms with Gasteiger partial charge >= 0.3 is 0 Å². The maximum absolute atomic E-state index is 12.4. The minimum atomic E-state index is -0.205. The molecule has 0 radical (unpaired) electrons. The Morgan fingerprint density at radius 1 is 0.926 bits per heavy atom. The van der Waals surface area contributed by atoms with Crippen molar-refractivity contribution < 1.29 is 14.3 Å². The molecule has 3 rings (SSSR count). The van der Waals surface area contributed by atoms with E-state index in [4.69, 9.17) is 9.47 Å². The van der Waals surface area contributed by atoms with Gasteiger partial charge in [-0.2, -0.15) is 0 Å². The van der Waals surface area contributed by atoms with Crippen molar-refractivity contribution in [2.24, 2.45) is 0 Å². The van der Waals surface area contributed by atoms with Crippen molar-refractivity contribution in [2.45, 2.75) is 6.54 Å². The highest BCUT2D eigenvalue weighted by Crippen LogP contribution is 2.27. The summed E-state index contributed by atoms with van der Waals surface area (Å²) < 4.78 is 10.6. The molecule has 27 heavy (non-hydrogen) atoms. The first-order valence-electron chi connectivity index (χ1n) is 8.46. The molecule has 138 valence electrons.